The van der Waals surface area contributed by atoms with Gasteiger partial charge in [0.15, 0.2) is 5.11 Å². The summed E-state index contributed by atoms with van der Waals surface area (Å²) in [4.78, 5) is 2.23. The molecule has 1 aromatic heterocycles. The molecule has 18 heavy (non-hydrogen) atoms. The van der Waals surface area contributed by atoms with Crippen LogP contribution in [0.15, 0.2) is 46.0 Å². The summed E-state index contributed by atoms with van der Waals surface area (Å²) in [5, 5.41) is 4.09. The van der Waals surface area contributed by atoms with E-state index >= 15 is 0 Å². The number of hydrogen-bond acceptors (Lipinski definition) is 3. The Morgan fingerprint density at radius 3 is 2.67 bits per heavy atom. The maximum absolute atomic E-state index is 5.27. The van der Waals surface area contributed by atoms with Gasteiger partial charge in [-0.15, -0.1) is 11.3 Å². The van der Waals surface area contributed by atoms with Gasteiger partial charge in [0, 0.05) is 14.2 Å². The lowest BCUT2D eigenvalue weighted by atomic mass is 10.2. The standard InChI is InChI=1S/C12H10BrN3S2/c13-9-3-1-8(2-4-9)11-6-5-10(18-11)7-15-16-12(14)17/h1-7H,(H3,14,16,17). The molecule has 1 heterocycles. The fraction of sp³-hybridized carbons (Fsp3) is 0. The number of thiocarbonyl (C=S) groups is 1. The number of thiophene rings is 1. The molecule has 3 nitrogen and oxygen atoms in total. The first-order valence-corrected chi connectivity index (χ1v) is 7.11. The fourth-order valence-corrected chi connectivity index (χ4v) is 2.55. The van der Waals surface area contributed by atoms with Crippen molar-refractivity contribution in [3.05, 3.63) is 45.7 Å². The Balaban J connectivity index is 2.12. The molecule has 0 spiro atoms. The molecule has 0 fully saturated rings. The first-order valence-electron chi connectivity index (χ1n) is 5.09. The molecular formula is C12H10BrN3S2. The minimum Gasteiger partial charge on any atom is -0.375 e. The van der Waals surface area contributed by atoms with E-state index in [1.165, 1.54) is 10.4 Å². The Labute approximate surface area is 123 Å². The van der Waals surface area contributed by atoms with Crippen LogP contribution in [0.25, 0.3) is 10.4 Å². The number of hydrogen-bond donors (Lipinski definition) is 2. The topological polar surface area (TPSA) is 50.4 Å². The van der Waals surface area contributed by atoms with E-state index in [9.17, 15) is 0 Å². The van der Waals surface area contributed by atoms with E-state index in [4.69, 9.17) is 5.73 Å². The molecule has 0 bridgehead atoms. The Kier molecular flexibility index (Phi) is 4.46. The van der Waals surface area contributed by atoms with Crippen LogP contribution in [0.5, 0.6) is 0 Å². The Morgan fingerprint density at radius 1 is 1.28 bits per heavy atom. The Hall–Kier alpha value is -1.24. The average molecular weight is 340 g/mol. The van der Waals surface area contributed by atoms with E-state index < -0.39 is 0 Å². The molecule has 92 valence electrons. The Morgan fingerprint density at radius 2 is 2.00 bits per heavy atom. The second-order valence-electron chi connectivity index (χ2n) is 3.44. The van der Waals surface area contributed by atoms with Crippen molar-refractivity contribution in [2.45, 2.75) is 0 Å². The molecule has 2 aromatic rings. The molecule has 0 aliphatic carbocycles. The van der Waals surface area contributed by atoms with Crippen LogP contribution in [-0.2, 0) is 0 Å². The van der Waals surface area contributed by atoms with Crippen LogP contribution in [0.1, 0.15) is 4.88 Å². The molecule has 0 aliphatic heterocycles. The third-order valence-corrected chi connectivity index (χ3v) is 3.81. The SMILES string of the molecule is NC(=S)NN=Cc1ccc(-c2ccc(Br)cc2)s1. The summed E-state index contributed by atoms with van der Waals surface area (Å²) in [5.74, 6) is 0. The predicted molar refractivity (Wildman–Crippen MR) is 85.0 cm³/mol. The quantitative estimate of drug-likeness (QED) is 0.512. The normalized spacial score (nSPS) is 10.7. The molecule has 6 heteroatoms. The summed E-state index contributed by atoms with van der Waals surface area (Å²) in [5.41, 5.74) is 8.99. The number of benzene rings is 1. The van der Waals surface area contributed by atoms with E-state index in [1.54, 1.807) is 17.6 Å². The van der Waals surface area contributed by atoms with Crippen LogP contribution in [-0.4, -0.2) is 11.3 Å². The van der Waals surface area contributed by atoms with Gasteiger partial charge in [-0.05, 0) is 42.0 Å². The van der Waals surface area contributed by atoms with Crippen LogP contribution in [0, 0.1) is 0 Å². The van der Waals surface area contributed by atoms with Gasteiger partial charge in [-0.1, -0.05) is 28.1 Å². The predicted octanol–water partition coefficient (Wildman–Crippen LogP) is 3.34. The number of halogens is 1. The highest BCUT2D eigenvalue weighted by atomic mass is 79.9. The molecule has 0 amide bonds. The Bertz CT molecular complexity index is 575. The zero-order valence-electron chi connectivity index (χ0n) is 9.26. The minimum atomic E-state index is 0.163. The summed E-state index contributed by atoms with van der Waals surface area (Å²) in [6.07, 6.45) is 1.70. The second-order valence-corrected chi connectivity index (χ2v) is 5.91. The average Bonchev–Trinajstić information content (AvgIpc) is 2.78. The maximum atomic E-state index is 5.27. The molecule has 1 aromatic carbocycles. The van der Waals surface area contributed by atoms with Crippen molar-refractivity contribution in [1.82, 2.24) is 5.43 Å². The van der Waals surface area contributed by atoms with E-state index in [0.29, 0.717) is 0 Å². The lowest BCUT2D eigenvalue weighted by Crippen LogP contribution is -2.23. The first kappa shape index (κ1) is 13.2. The molecule has 0 atom stereocenters. The van der Waals surface area contributed by atoms with Crippen molar-refractivity contribution in [3.63, 3.8) is 0 Å². The van der Waals surface area contributed by atoms with Gasteiger partial charge < -0.3 is 5.73 Å². The van der Waals surface area contributed by atoms with Gasteiger partial charge in [0.2, 0.25) is 0 Å². The van der Waals surface area contributed by atoms with Gasteiger partial charge in [-0.3, -0.25) is 5.43 Å². The molecule has 0 saturated heterocycles. The summed E-state index contributed by atoms with van der Waals surface area (Å²) in [7, 11) is 0. The number of nitrogens with one attached hydrogen (secondary N) is 1. The highest BCUT2D eigenvalue weighted by molar-refractivity contribution is 9.10. The van der Waals surface area contributed by atoms with Crippen molar-refractivity contribution in [2.75, 3.05) is 0 Å². The van der Waals surface area contributed by atoms with Gasteiger partial charge >= 0.3 is 0 Å². The smallest absolute Gasteiger partial charge is 0.184 e. The van der Waals surface area contributed by atoms with Gasteiger partial charge in [-0.25, -0.2) is 0 Å². The van der Waals surface area contributed by atoms with Crippen molar-refractivity contribution in [1.29, 1.82) is 0 Å². The zero-order valence-corrected chi connectivity index (χ0v) is 12.5. The lowest BCUT2D eigenvalue weighted by Gasteiger charge is -1.96. The minimum absolute atomic E-state index is 0.163. The number of hydrazone groups is 1. The van der Waals surface area contributed by atoms with Crippen LogP contribution >= 0.6 is 39.5 Å². The third-order valence-electron chi connectivity index (χ3n) is 2.12. The molecule has 0 saturated carbocycles. The van der Waals surface area contributed by atoms with Crippen molar-refractivity contribution in [2.24, 2.45) is 10.8 Å². The van der Waals surface area contributed by atoms with Gasteiger partial charge in [0.1, 0.15) is 0 Å². The molecule has 3 N–H and O–H groups in total. The molecule has 0 unspecified atom stereocenters. The largest absolute Gasteiger partial charge is 0.375 e. The van der Waals surface area contributed by atoms with Crippen molar-refractivity contribution in [3.8, 4) is 10.4 Å². The monoisotopic (exact) mass is 339 g/mol. The molecule has 2 rings (SSSR count). The van der Waals surface area contributed by atoms with E-state index in [1.807, 2.05) is 18.2 Å². The summed E-state index contributed by atoms with van der Waals surface area (Å²) >= 11 is 9.73. The summed E-state index contributed by atoms with van der Waals surface area (Å²) in [6.45, 7) is 0. The van der Waals surface area contributed by atoms with E-state index in [2.05, 4.69) is 56.9 Å². The van der Waals surface area contributed by atoms with E-state index in [-0.39, 0.29) is 5.11 Å². The third kappa shape index (κ3) is 3.63. The van der Waals surface area contributed by atoms with Gasteiger partial charge in [-0.2, -0.15) is 5.10 Å². The van der Waals surface area contributed by atoms with Crippen molar-refractivity contribution >= 4 is 50.8 Å². The van der Waals surface area contributed by atoms with Crippen LogP contribution in [0.3, 0.4) is 0 Å². The first-order chi connectivity index (χ1) is 8.65. The van der Waals surface area contributed by atoms with Crippen LogP contribution in [0.2, 0.25) is 0 Å². The van der Waals surface area contributed by atoms with E-state index in [0.717, 1.165) is 9.35 Å². The van der Waals surface area contributed by atoms with Gasteiger partial charge in [0.05, 0.1) is 6.21 Å². The fourth-order valence-electron chi connectivity index (χ4n) is 1.35. The van der Waals surface area contributed by atoms with Gasteiger partial charge in [0.25, 0.3) is 0 Å². The maximum Gasteiger partial charge on any atom is 0.184 e. The summed E-state index contributed by atoms with van der Waals surface area (Å²) in [6, 6.07) is 12.3. The highest BCUT2D eigenvalue weighted by Gasteiger charge is 2.01. The van der Waals surface area contributed by atoms with Crippen LogP contribution < -0.4 is 11.2 Å². The molecular weight excluding hydrogens is 330 g/mol. The van der Waals surface area contributed by atoms with Crippen LogP contribution in [0.4, 0.5) is 0 Å². The number of rotatable bonds is 3. The van der Waals surface area contributed by atoms with Crippen molar-refractivity contribution < 1.29 is 0 Å². The molecule has 0 aliphatic rings. The summed E-state index contributed by atoms with van der Waals surface area (Å²) < 4.78 is 1.07. The second kappa shape index (κ2) is 6.08. The highest BCUT2D eigenvalue weighted by Crippen LogP contribution is 2.28. The number of nitrogens with zero attached hydrogens (tertiary/aromatic N) is 1. The lowest BCUT2D eigenvalue weighted by molar-refractivity contribution is 1.04. The molecule has 0 radical (unpaired) electrons. The zero-order chi connectivity index (χ0) is 13.0. The number of nitrogens with two attached hydrogens (primary N) is 1.